The lowest BCUT2D eigenvalue weighted by molar-refractivity contribution is -0.300. The molecule has 0 atom stereocenters. The number of alkyl halides is 33. The molecule has 0 aliphatic carbocycles. The van der Waals surface area contributed by atoms with Crippen LogP contribution in [0.4, 0.5) is 145 Å². The van der Waals surface area contributed by atoms with E-state index in [1.165, 1.54) is 133 Å². The van der Waals surface area contributed by atoms with E-state index in [0.717, 1.165) is 50.7 Å². The van der Waals surface area contributed by atoms with Gasteiger partial charge in [0.05, 0.1) is 11.8 Å². The van der Waals surface area contributed by atoms with Gasteiger partial charge in [0.2, 0.25) is 0 Å². The first-order chi connectivity index (χ1) is 65.7. The van der Waals surface area contributed by atoms with Crippen LogP contribution in [0.3, 0.4) is 0 Å². The number of unbranched alkanes of at least 4 members (excludes halogenated alkanes) is 3. The molecule has 0 aliphatic rings. The second kappa shape index (κ2) is 63.0. The van der Waals surface area contributed by atoms with Gasteiger partial charge < -0.3 is 9.59 Å². The van der Waals surface area contributed by atoms with E-state index in [-0.39, 0.29) is 142 Å². The number of hydrogen-bond donors (Lipinski definition) is 0. The van der Waals surface area contributed by atoms with E-state index in [1.54, 1.807) is 0 Å². The highest BCUT2D eigenvalue weighted by molar-refractivity contribution is 5.98. The van der Waals surface area contributed by atoms with Crippen molar-refractivity contribution >= 4 is 46.3 Å². The van der Waals surface area contributed by atoms with E-state index in [9.17, 15) is 183 Å². The lowest BCUT2D eigenvalue weighted by Gasteiger charge is -2.39. The number of carbonyl (C=O) groups excluding carboxylic acids is 8. The summed E-state index contributed by atoms with van der Waals surface area (Å²) in [4.78, 5) is 81.4. The Morgan fingerprint density at radius 2 is 0.493 bits per heavy atom. The number of hydrogen-bond acceptors (Lipinski definition) is 8. The summed E-state index contributed by atoms with van der Waals surface area (Å²) in [6.07, 6.45) is -47.1. The maximum atomic E-state index is 13.1. The lowest BCUT2D eigenvalue weighted by atomic mass is 9.71. The molecule has 0 bridgehead atoms. The zero-order valence-electron chi connectivity index (χ0n) is 86.1. The predicted molar refractivity (Wildman–Crippen MR) is 499 cm³/mol. The first kappa shape index (κ1) is 147. The number of rotatable bonds is 25. The van der Waals surface area contributed by atoms with Gasteiger partial charge in [0, 0.05) is 19.3 Å². The molecule has 6 aromatic rings. The van der Waals surface area contributed by atoms with Crippen molar-refractivity contribution in [2.45, 2.75) is 370 Å². The van der Waals surface area contributed by atoms with Crippen LogP contribution in [0.15, 0.2) is 170 Å². The number of ketones is 8. The van der Waals surface area contributed by atoms with Gasteiger partial charge in [-0.2, -0.15) is 145 Å². The molecule has 0 amide bonds. The van der Waals surface area contributed by atoms with Crippen molar-refractivity contribution < 1.29 is 183 Å². The summed E-state index contributed by atoms with van der Waals surface area (Å²) in [5.74, 6) is -0.277. The summed E-state index contributed by atoms with van der Waals surface area (Å²) in [5.41, 5.74) is -25.6. The SMILES string of the molecule is C=C(CC(C)=O)C(C)=O.CC(=O)C=CC(C)=O.CC(=O)CC(C)=O.CC(=O)CCC(C)=O.CC(C)(c1ccccc1C(C)(C(F)(F)F)C(F)(F)F)C(F)(F)F.CC(c1ccc(C(C)(C(F)(F)F)C(F)(F)F)cc1)(C(F)(F)F)C(F)(F)F.CC(c1cccc(C(C)(C(F)(F)F)C(F)(F)F)c1)(C(F)(F)F)C(F)(F)F.CCCC.CCCCC.CCc1ccc(CC)cc1.CCc1cccc(CC)c1.CCc1ccccc1CC. The Morgan fingerprint density at radius 3 is 0.678 bits per heavy atom. The Labute approximate surface area is 832 Å². The maximum Gasteiger partial charge on any atom is 0.406 e. The van der Waals surface area contributed by atoms with Crippen molar-refractivity contribution in [1.29, 1.82) is 0 Å². The van der Waals surface area contributed by atoms with Crippen LogP contribution in [0.1, 0.15) is 298 Å². The first-order valence-electron chi connectivity index (χ1n) is 45.4. The van der Waals surface area contributed by atoms with Crippen molar-refractivity contribution in [2.75, 3.05) is 0 Å². The molecule has 0 aliphatic heterocycles. The fraction of sp³-hybridized carbons (Fsp3) is 0.543. The van der Waals surface area contributed by atoms with Gasteiger partial charge in [-0.25, -0.2) is 0 Å². The molecular weight excluding hydrogens is 2020 g/mol. The maximum absolute atomic E-state index is 13.1. The monoisotopic (exact) mass is 2150 g/mol. The highest BCUT2D eigenvalue weighted by atomic mass is 19.5. The van der Waals surface area contributed by atoms with Crippen LogP contribution < -0.4 is 0 Å². The topological polar surface area (TPSA) is 137 Å². The fourth-order valence-corrected chi connectivity index (χ4v) is 11.4. The number of halogens is 33. The van der Waals surface area contributed by atoms with Crippen LogP contribution in [0.25, 0.3) is 0 Å². The minimum atomic E-state index is -6.02. The third-order valence-electron chi connectivity index (χ3n) is 22.1. The summed E-state index contributed by atoms with van der Waals surface area (Å²) in [6, 6.07) is 29.3. The molecular formula is C105H133F33O8. The van der Waals surface area contributed by atoms with E-state index in [1.807, 2.05) is 0 Å². The van der Waals surface area contributed by atoms with E-state index in [4.69, 9.17) is 0 Å². The van der Waals surface area contributed by atoms with Crippen LogP contribution in [0.5, 0.6) is 0 Å². The zero-order valence-corrected chi connectivity index (χ0v) is 86.1. The molecule has 0 saturated carbocycles. The molecule has 146 heavy (non-hydrogen) atoms. The highest BCUT2D eigenvalue weighted by Crippen LogP contribution is 2.59. The van der Waals surface area contributed by atoms with Crippen molar-refractivity contribution in [3.8, 4) is 0 Å². The van der Waals surface area contributed by atoms with Crippen LogP contribution >= 0.6 is 0 Å². The molecule has 0 N–H and O–H groups in total. The lowest BCUT2D eigenvalue weighted by Crippen LogP contribution is -2.53. The average Bonchev–Trinajstić information content (AvgIpc) is 0.727. The summed E-state index contributed by atoms with van der Waals surface area (Å²) in [6.45, 7) is 36.5. The molecule has 0 fully saturated rings. The Morgan fingerprint density at radius 1 is 0.247 bits per heavy atom. The van der Waals surface area contributed by atoms with Gasteiger partial charge >= 0.3 is 67.9 Å². The number of benzene rings is 6. The molecule has 41 heteroatoms. The predicted octanol–water partition coefficient (Wildman–Crippen LogP) is 34.6. The largest absolute Gasteiger partial charge is 0.406 e. The quantitative estimate of drug-likeness (QED) is 0.0314. The molecule has 6 rings (SSSR count). The number of aryl methyl sites for hydroxylation is 6. The summed E-state index contributed by atoms with van der Waals surface area (Å²) in [5, 5.41) is 0. The summed E-state index contributed by atoms with van der Waals surface area (Å²) < 4.78 is 429. The molecule has 8 nitrogen and oxygen atoms in total. The first-order valence-corrected chi connectivity index (χ1v) is 45.4. The molecule has 0 radical (unpaired) electrons. The second-order valence-electron chi connectivity index (χ2n) is 34.4. The van der Waals surface area contributed by atoms with Crippen molar-refractivity contribution in [1.82, 2.24) is 0 Å². The molecule has 0 unspecified atom stereocenters. The number of carbonyl (C=O) groups is 8. The minimum absolute atomic E-state index is 0.0183. The average molecular weight is 2150 g/mol. The standard InChI is InChI=1S/2C14H10F12.C14H13F9.3C10H14.C7H10O2.C6H10O2.C6H8O2.C5H8O2.C5H12.C4H10/c1-9(11(15,16)17,12(18,19)20)7-3-5-8(6-4-7)10(2,13(21,22)23)14(24,25)26;1-9(11(15,16)17,12(18,19)20)7-4-3-5-8(6-7)10(2,13(21,22)23)14(24,25)26;1-10(2,12(15,16)17)8-6-4-5-7-9(8)11(3,13(18,19)20)14(21,22)23;1-3-9-5-7-10(4-2)8-6-9;1-3-9-6-5-7-10(4-2)8-9;1-3-9-7-5-6-8-10(9)4-2;1-5(7(3)9)4-6(2)8;2*1-5(7)3-4-6(2)8;1-4(6)3-5(2)7;1-3-5-4-2;1-3-4-2/h2*3-6H,1-2H3;4-7H,1-3H3;3*5-8H,3-4H2,1-2H3;1,4H2,2-3H3;3-4H2,1-2H3;3-4H,1-2H3;3H2,1-2H3;3-5H2,1-2H3;3-4H2,1-2H3. The van der Waals surface area contributed by atoms with Gasteiger partial charge in [-0.15, -0.1) is 0 Å². The smallest absolute Gasteiger partial charge is 0.300 e. The molecule has 0 saturated heterocycles. The highest BCUT2D eigenvalue weighted by Gasteiger charge is 2.74. The molecule has 832 valence electrons. The fourth-order valence-electron chi connectivity index (χ4n) is 11.4. The van der Waals surface area contributed by atoms with E-state index >= 15 is 0 Å². The van der Waals surface area contributed by atoms with E-state index in [0.29, 0.717) is 44.4 Å². The van der Waals surface area contributed by atoms with Crippen molar-refractivity contribution in [3.63, 3.8) is 0 Å². The Balaban J connectivity index is -0.000000383. The van der Waals surface area contributed by atoms with Crippen molar-refractivity contribution in [2.24, 2.45) is 0 Å². The van der Waals surface area contributed by atoms with Gasteiger partial charge in [-0.3, -0.25) is 28.8 Å². The molecule has 0 heterocycles. The normalized spacial score (nSPS) is 12.3. The van der Waals surface area contributed by atoms with Gasteiger partial charge in [-0.1, -0.05) is 254 Å². The van der Waals surface area contributed by atoms with Crippen LogP contribution in [0, 0.1) is 0 Å². The Hall–Kier alpha value is -10.2. The molecule has 0 spiro atoms. The second-order valence-corrected chi connectivity index (χ2v) is 34.4. The Bertz CT molecular complexity index is 4640. The minimum Gasteiger partial charge on any atom is -0.300 e. The van der Waals surface area contributed by atoms with Crippen LogP contribution in [-0.4, -0.2) is 114 Å². The van der Waals surface area contributed by atoms with Crippen molar-refractivity contribution in [3.05, 3.63) is 237 Å². The number of Topliss-reactive ketones (excluding diaryl/α,β-unsaturated/α-hetero) is 6. The Kier molecular flexibility index (Phi) is 63.2. The van der Waals surface area contributed by atoms with Gasteiger partial charge in [0.15, 0.2) is 44.4 Å². The third kappa shape index (κ3) is 47.1. The zero-order chi connectivity index (χ0) is 117. The van der Waals surface area contributed by atoms with E-state index in [2.05, 4.69) is 149 Å². The summed E-state index contributed by atoms with van der Waals surface area (Å²) >= 11 is 0. The van der Waals surface area contributed by atoms with Gasteiger partial charge in [0.25, 0.3) is 0 Å². The van der Waals surface area contributed by atoms with Gasteiger partial charge in [0.1, 0.15) is 28.9 Å². The van der Waals surface area contributed by atoms with Crippen LogP contribution in [0.2, 0.25) is 0 Å². The van der Waals surface area contributed by atoms with Crippen LogP contribution in [-0.2, 0) is 109 Å². The van der Waals surface area contributed by atoms with E-state index < -0.39 is 134 Å². The summed E-state index contributed by atoms with van der Waals surface area (Å²) in [7, 11) is 0. The van der Waals surface area contributed by atoms with Gasteiger partial charge in [-0.05, 0) is 227 Å². The molecule has 0 aromatic heterocycles. The third-order valence-corrected chi connectivity index (χ3v) is 22.1. The molecule has 6 aromatic carbocycles. The number of allylic oxidation sites excluding steroid dienone is 3.